The molecule has 1 aliphatic heterocycles. The zero-order chi connectivity index (χ0) is 24.2. The van der Waals surface area contributed by atoms with Crippen molar-refractivity contribution in [2.45, 2.75) is 0 Å². The molecule has 0 saturated heterocycles. The standard InChI is InChI=1S/C21H15Cl2N7O2S2/c1-31-17-7-13(24-10-33)3-5-15(17)28-9-19(26-20(28)22)29-12-30(27-21(29)23)16-6-4-14(25-11-34)8-18(16)32-2/h3-9H,12H2,1-2H3. The Morgan fingerprint density at radius 3 is 2.12 bits per heavy atom. The Bertz CT molecular complexity index is 1380. The Hall–Kier alpha value is -3.30. The smallest absolute Gasteiger partial charge is 0.224 e. The summed E-state index contributed by atoms with van der Waals surface area (Å²) in [7, 11) is 3.11. The molecular weight excluding hydrogens is 517 g/mol. The van der Waals surface area contributed by atoms with Crippen molar-refractivity contribution in [3.63, 3.8) is 0 Å². The third-order valence-corrected chi connectivity index (χ3v) is 5.57. The van der Waals surface area contributed by atoms with Crippen LogP contribution in [0.2, 0.25) is 5.28 Å². The molecule has 4 rings (SSSR count). The first-order valence-corrected chi connectivity index (χ1v) is 11.1. The van der Waals surface area contributed by atoms with Crippen LogP contribution in [-0.2, 0) is 0 Å². The molecule has 0 saturated carbocycles. The fraction of sp³-hybridized carbons (Fsp3) is 0.143. The first kappa shape index (κ1) is 23.8. The van der Waals surface area contributed by atoms with E-state index in [2.05, 4.69) is 54.8 Å². The number of thiocarbonyl (C=S) groups is 2. The summed E-state index contributed by atoms with van der Waals surface area (Å²) < 4.78 is 12.7. The summed E-state index contributed by atoms with van der Waals surface area (Å²) in [4.78, 5) is 14.1. The van der Waals surface area contributed by atoms with Crippen molar-refractivity contribution in [3.05, 3.63) is 47.9 Å². The summed E-state index contributed by atoms with van der Waals surface area (Å²) in [5.41, 5.74) is 2.57. The van der Waals surface area contributed by atoms with Gasteiger partial charge in [-0.15, -0.1) is 5.10 Å². The summed E-state index contributed by atoms with van der Waals surface area (Å²) in [6.45, 7) is 0.276. The van der Waals surface area contributed by atoms with Crippen molar-refractivity contribution in [2.75, 3.05) is 30.8 Å². The lowest BCUT2D eigenvalue weighted by Crippen LogP contribution is -2.29. The minimum absolute atomic E-state index is 0.210. The summed E-state index contributed by atoms with van der Waals surface area (Å²) in [6.07, 6.45) is 1.73. The van der Waals surface area contributed by atoms with E-state index in [9.17, 15) is 0 Å². The minimum Gasteiger partial charge on any atom is -0.494 e. The van der Waals surface area contributed by atoms with Crippen LogP contribution in [0.3, 0.4) is 0 Å². The second kappa shape index (κ2) is 10.3. The fourth-order valence-electron chi connectivity index (χ4n) is 3.31. The molecule has 1 aliphatic rings. The van der Waals surface area contributed by atoms with Gasteiger partial charge in [-0.3, -0.25) is 9.47 Å². The van der Waals surface area contributed by atoms with E-state index in [1.165, 1.54) is 0 Å². The van der Waals surface area contributed by atoms with Crippen LogP contribution in [0.1, 0.15) is 0 Å². The van der Waals surface area contributed by atoms with Crippen LogP contribution >= 0.6 is 47.6 Å². The molecule has 0 N–H and O–H groups in total. The van der Waals surface area contributed by atoms with Gasteiger partial charge in [0.2, 0.25) is 10.6 Å². The Kier molecular flexibility index (Phi) is 7.23. The highest BCUT2D eigenvalue weighted by Gasteiger charge is 2.28. The molecule has 0 bridgehead atoms. The molecule has 1 aromatic heterocycles. The molecule has 3 aromatic rings. The largest absolute Gasteiger partial charge is 0.494 e. The topological polar surface area (TPSA) is 79.8 Å². The van der Waals surface area contributed by atoms with Crippen molar-refractivity contribution >= 4 is 86.1 Å². The molecule has 9 nitrogen and oxygen atoms in total. The SMILES string of the molecule is COc1cc(N=C=S)ccc1N1CN(c2cn(-c3ccc(N=C=S)cc3OC)c(Cl)n2)C(Cl)=N1. The maximum atomic E-state index is 6.46. The van der Waals surface area contributed by atoms with Crippen molar-refractivity contribution in [2.24, 2.45) is 15.1 Å². The van der Waals surface area contributed by atoms with Crippen molar-refractivity contribution < 1.29 is 9.47 Å². The van der Waals surface area contributed by atoms with E-state index < -0.39 is 0 Å². The summed E-state index contributed by atoms with van der Waals surface area (Å²) in [5.74, 6) is 1.57. The number of aliphatic imine (C=N–C) groups is 2. The lowest BCUT2D eigenvalue weighted by molar-refractivity contribution is 0.413. The number of anilines is 2. The van der Waals surface area contributed by atoms with Gasteiger partial charge >= 0.3 is 0 Å². The first-order valence-electron chi connectivity index (χ1n) is 9.55. The predicted molar refractivity (Wildman–Crippen MR) is 141 cm³/mol. The summed E-state index contributed by atoms with van der Waals surface area (Å²) >= 11 is 22.3. The van der Waals surface area contributed by atoms with E-state index in [4.69, 9.17) is 32.7 Å². The molecule has 13 heteroatoms. The third-order valence-electron chi connectivity index (χ3n) is 4.84. The van der Waals surface area contributed by atoms with Crippen LogP contribution < -0.4 is 19.4 Å². The molecule has 0 unspecified atom stereocenters. The molecule has 2 heterocycles. The maximum Gasteiger partial charge on any atom is 0.224 e. The Morgan fingerprint density at radius 1 is 0.941 bits per heavy atom. The first-order chi connectivity index (χ1) is 16.5. The number of benzene rings is 2. The van der Waals surface area contributed by atoms with Crippen molar-refractivity contribution in [3.8, 4) is 17.2 Å². The molecule has 0 atom stereocenters. The van der Waals surface area contributed by atoms with Gasteiger partial charge in [-0.05, 0) is 71.9 Å². The van der Waals surface area contributed by atoms with Crippen molar-refractivity contribution in [1.82, 2.24) is 9.55 Å². The molecule has 172 valence electrons. The molecule has 0 amide bonds. The monoisotopic (exact) mass is 531 g/mol. The van der Waals surface area contributed by atoms with E-state index in [0.29, 0.717) is 40.1 Å². The third kappa shape index (κ3) is 4.67. The number of aromatic nitrogens is 2. The average Bonchev–Trinajstić information content (AvgIpc) is 3.41. The Morgan fingerprint density at radius 2 is 1.53 bits per heavy atom. The van der Waals surface area contributed by atoms with Crippen LogP contribution in [-0.4, -0.2) is 46.1 Å². The zero-order valence-corrected chi connectivity index (χ0v) is 20.9. The quantitative estimate of drug-likeness (QED) is 0.216. The fourth-order valence-corrected chi connectivity index (χ4v) is 3.98. The molecule has 0 spiro atoms. The van der Waals surface area contributed by atoms with Crippen LogP contribution in [0, 0.1) is 0 Å². The molecule has 0 aliphatic carbocycles. The van der Waals surface area contributed by atoms with Gasteiger partial charge in [0, 0.05) is 12.1 Å². The van der Waals surface area contributed by atoms with Gasteiger partial charge in [0.1, 0.15) is 23.9 Å². The summed E-state index contributed by atoms with van der Waals surface area (Å²) in [5, 5.41) is 11.2. The lowest BCUT2D eigenvalue weighted by atomic mass is 10.2. The van der Waals surface area contributed by atoms with Gasteiger partial charge in [-0.2, -0.15) is 15.0 Å². The molecular formula is C21H15Cl2N7O2S2. The van der Waals surface area contributed by atoms with Gasteiger partial charge in [0.05, 0.1) is 47.8 Å². The minimum atomic E-state index is 0.210. The molecule has 0 fully saturated rings. The van der Waals surface area contributed by atoms with E-state index in [1.54, 1.807) is 65.2 Å². The number of hydrogen-bond donors (Lipinski definition) is 0. The number of halogens is 2. The van der Waals surface area contributed by atoms with Gasteiger partial charge in [-0.1, -0.05) is 0 Å². The molecule has 34 heavy (non-hydrogen) atoms. The second-order valence-corrected chi connectivity index (χ2v) is 7.74. The second-order valence-electron chi connectivity index (χ2n) is 6.69. The van der Waals surface area contributed by atoms with E-state index >= 15 is 0 Å². The van der Waals surface area contributed by atoms with Crippen LogP contribution in [0.4, 0.5) is 22.9 Å². The average molecular weight is 532 g/mol. The number of nitrogens with zero attached hydrogens (tertiary/aromatic N) is 7. The van der Waals surface area contributed by atoms with Gasteiger partial charge in [0.25, 0.3) is 0 Å². The number of amidine groups is 1. The molecule has 0 radical (unpaired) electrons. The van der Waals surface area contributed by atoms with E-state index in [1.807, 2.05) is 6.07 Å². The maximum absolute atomic E-state index is 6.46. The molecule has 2 aromatic carbocycles. The van der Waals surface area contributed by atoms with E-state index in [-0.39, 0.29) is 17.2 Å². The van der Waals surface area contributed by atoms with Crippen LogP contribution in [0.25, 0.3) is 5.69 Å². The number of ether oxygens (including phenoxy) is 2. The number of methoxy groups -OCH3 is 2. The van der Waals surface area contributed by atoms with Gasteiger partial charge in [0.15, 0.2) is 5.82 Å². The Labute approximate surface area is 215 Å². The lowest BCUT2D eigenvalue weighted by Gasteiger charge is -2.19. The highest BCUT2D eigenvalue weighted by atomic mass is 35.5. The Balaban J connectivity index is 1.65. The zero-order valence-electron chi connectivity index (χ0n) is 17.8. The summed E-state index contributed by atoms with van der Waals surface area (Å²) in [6, 6.07) is 10.6. The number of rotatable bonds is 7. The van der Waals surface area contributed by atoms with Crippen LogP contribution in [0.15, 0.2) is 57.7 Å². The highest BCUT2D eigenvalue weighted by molar-refractivity contribution is 7.78. The number of hydrazone groups is 1. The highest BCUT2D eigenvalue weighted by Crippen LogP contribution is 2.36. The number of imidazole rings is 1. The predicted octanol–water partition coefficient (Wildman–Crippen LogP) is 5.81. The normalized spacial score (nSPS) is 12.6. The number of isothiocyanates is 2. The van der Waals surface area contributed by atoms with Gasteiger partial charge in [-0.25, -0.2) is 5.01 Å². The van der Waals surface area contributed by atoms with Crippen molar-refractivity contribution in [1.29, 1.82) is 0 Å². The number of hydrogen-bond acceptors (Lipinski definition) is 10. The van der Waals surface area contributed by atoms with Gasteiger partial charge < -0.3 is 9.47 Å². The van der Waals surface area contributed by atoms with E-state index in [0.717, 1.165) is 0 Å². The van der Waals surface area contributed by atoms with Crippen LogP contribution in [0.5, 0.6) is 11.5 Å².